The van der Waals surface area contributed by atoms with Crippen molar-refractivity contribution in [1.29, 1.82) is 0 Å². The number of nitrogens with one attached hydrogen (secondary N) is 1. The third kappa shape index (κ3) is 2.61. The van der Waals surface area contributed by atoms with E-state index in [1.807, 2.05) is 0 Å². The van der Waals surface area contributed by atoms with Gasteiger partial charge in [-0.1, -0.05) is 36.8 Å². The predicted molar refractivity (Wildman–Crippen MR) is 76.7 cm³/mol. The van der Waals surface area contributed by atoms with E-state index in [2.05, 4.69) is 43.4 Å². The molecule has 3 rings (SSSR count). The highest BCUT2D eigenvalue weighted by atomic mass is 14.9. The van der Waals surface area contributed by atoms with Crippen LogP contribution in [0.3, 0.4) is 0 Å². The normalized spacial score (nSPS) is 31.1. The van der Waals surface area contributed by atoms with Gasteiger partial charge in [0.25, 0.3) is 0 Å². The molecule has 3 unspecified atom stereocenters. The zero-order chi connectivity index (χ0) is 12.5. The minimum Gasteiger partial charge on any atom is -0.314 e. The Balaban J connectivity index is 1.66. The third-order valence-electron chi connectivity index (χ3n) is 4.85. The van der Waals surface area contributed by atoms with Crippen molar-refractivity contribution in [3.05, 3.63) is 35.4 Å². The summed E-state index contributed by atoms with van der Waals surface area (Å²) in [5.74, 6) is 3.11. The summed E-state index contributed by atoms with van der Waals surface area (Å²) >= 11 is 0. The Morgan fingerprint density at radius 2 is 2.00 bits per heavy atom. The Labute approximate surface area is 111 Å². The maximum Gasteiger partial charge on any atom is 0.0136 e. The smallest absolute Gasteiger partial charge is 0.0136 e. The van der Waals surface area contributed by atoms with Crippen molar-refractivity contribution in [1.82, 2.24) is 5.32 Å². The zero-order valence-electron chi connectivity index (χ0n) is 11.7. The van der Waals surface area contributed by atoms with Crippen LogP contribution in [0.1, 0.15) is 37.3 Å². The minimum absolute atomic E-state index is 0.699. The quantitative estimate of drug-likeness (QED) is 0.834. The van der Waals surface area contributed by atoms with Gasteiger partial charge in [0.05, 0.1) is 0 Å². The molecular weight excluding hydrogens is 218 g/mol. The molecule has 1 heteroatoms. The molecule has 0 amide bonds. The van der Waals surface area contributed by atoms with Crippen LogP contribution in [0.25, 0.3) is 0 Å². The van der Waals surface area contributed by atoms with E-state index in [1.165, 1.54) is 36.8 Å². The van der Waals surface area contributed by atoms with Gasteiger partial charge in [-0.25, -0.2) is 0 Å². The Morgan fingerprint density at radius 1 is 1.22 bits per heavy atom. The topological polar surface area (TPSA) is 12.0 Å². The second kappa shape index (κ2) is 5.05. The van der Waals surface area contributed by atoms with Gasteiger partial charge in [0.1, 0.15) is 0 Å². The van der Waals surface area contributed by atoms with Crippen LogP contribution in [0, 0.1) is 24.7 Å². The highest BCUT2D eigenvalue weighted by Gasteiger charge is 2.47. The molecule has 2 aliphatic rings. The molecule has 0 aromatic heterocycles. The van der Waals surface area contributed by atoms with E-state index in [1.54, 1.807) is 0 Å². The monoisotopic (exact) mass is 243 g/mol. The fourth-order valence-corrected chi connectivity index (χ4v) is 3.85. The number of rotatable bonds is 5. The first-order valence-corrected chi connectivity index (χ1v) is 7.55. The molecular formula is C17H25N. The maximum atomic E-state index is 3.73. The molecule has 3 atom stereocenters. The molecule has 0 aliphatic heterocycles. The molecule has 1 nitrogen and oxygen atoms in total. The summed E-state index contributed by atoms with van der Waals surface area (Å²) in [6.45, 7) is 5.53. The van der Waals surface area contributed by atoms with Crippen molar-refractivity contribution < 1.29 is 0 Å². The van der Waals surface area contributed by atoms with Crippen molar-refractivity contribution in [3.63, 3.8) is 0 Å². The van der Waals surface area contributed by atoms with Crippen LogP contribution in [-0.4, -0.2) is 12.6 Å². The molecule has 2 fully saturated rings. The molecule has 0 heterocycles. The van der Waals surface area contributed by atoms with E-state index >= 15 is 0 Å². The standard InChI is InChI=1S/C17H25N/c1-3-18-17(16-10-14-9-15(14)11-16)8-13-6-4-5-12(2)7-13/h4-7,14-18H,3,8-11H2,1-2H3. The summed E-state index contributed by atoms with van der Waals surface area (Å²) in [7, 11) is 0. The predicted octanol–water partition coefficient (Wildman–Crippen LogP) is 3.56. The zero-order valence-corrected chi connectivity index (χ0v) is 11.7. The van der Waals surface area contributed by atoms with Gasteiger partial charge in [-0.15, -0.1) is 0 Å². The van der Waals surface area contributed by atoms with Gasteiger partial charge in [-0.3, -0.25) is 0 Å². The Hall–Kier alpha value is -0.820. The Bertz CT molecular complexity index is 402. The third-order valence-corrected chi connectivity index (χ3v) is 4.85. The van der Waals surface area contributed by atoms with Gasteiger partial charge in [0.2, 0.25) is 0 Å². The highest BCUT2D eigenvalue weighted by Crippen LogP contribution is 2.55. The average molecular weight is 243 g/mol. The van der Waals surface area contributed by atoms with Crippen LogP contribution < -0.4 is 5.32 Å². The van der Waals surface area contributed by atoms with Gasteiger partial charge < -0.3 is 5.32 Å². The van der Waals surface area contributed by atoms with Gasteiger partial charge >= 0.3 is 0 Å². The number of aryl methyl sites for hydroxylation is 1. The highest BCUT2D eigenvalue weighted by molar-refractivity contribution is 5.23. The first kappa shape index (κ1) is 12.2. The largest absolute Gasteiger partial charge is 0.314 e. The number of hydrogen-bond acceptors (Lipinski definition) is 1. The lowest BCUT2D eigenvalue weighted by Gasteiger charge is -2.26. The lowest BCUT2D eigenvalue weighted by Crippen LogP contribution is -2.37. The van der Waals surface area contributed by atoms with Gasteiger partial charge in [-0.2, -0.15) is 0 Å². The fraction of sp³-hybridized carbons (Fsp3) is 0.647. The van der Waals surface area contributed by atoms with Crippen molar-refractivity contribution >= 4 is 0 Å². The van der Waals surface area contributed by atoms with Crippen LogP contribution in [0.4, 0.5) is 0 Å². The van der Waals surface area contributed by atoms with Crippen LogP contribution in [0.15, 0.2) is 24.3 Å². The van der Waals surface area contributed by atoms with E-state index in [0.29, 0.717) is 6.04 Å². The summed E-state index contributed by atoms with van der Waals surface area (Å²) in [4.78, 5) is 0. The lowest BCUT2D eigenvalue weighted by molar-refractivity contribution is 0.337. The molecule has 0 bridgehead atoms. The average Bonchev–Trinajstić information content (AvgIpc) is 2.96. The molecule has 1 N–H and O–H groups in total. The molecule has 1 aromatic carbocycles. The molecule has 98 valence electrons. The van der Waals surface area contributed by atoms with E-state index in [9.17, 15) is 0 Å². The van der Waals surface area contributed by atoms with Crippen molar-refractivity contribution in [3.8, 4) is 0 Å². The van der Waals surface area contributed by atoms with Crippen molar-refractivity contribution in [2.75, 3.05) is 6.54 Å². The van der Waals surface area contributed by atoms with Crippen LogP contribution >= 0.6 is 0 Å². The SMILES string of the molecule is CCNC(Cc1cccc(C)c1)C1CC2CC2C1. The minimum atomic E-state index is 0.699. The molecule has 2 saturated carbocycles. The van der Waals surface area contributed by atoms with Gasteiger partial charge in [0.15, 0.2) is 0 Å². The number of fused-ring (bicyclic) bond motifs is 1. The first-order valence-electron chi connectivity index (χ1n) is 7.55. The van der Waals surface area contributed by atoms with Crippen molar-refractivity contribution in [2.45, 2.75) is 45.6 Å². The number of hydrogen-bond donors (Lipinski definition) is 1. The van der Waals surface area contributed by atoms with Crippen LogP contribution in [0.5, 0.6) is 0 Å². The van der Waals surface area contributed by atoms with Crippen LogP contribution in [0.2, 0.25) is 0 Å². The van der Waals surface area contributed by atoms with Gasteiger partial charge in [-0.05, 0) is 62.5 Å². The summed E-state index contributed by atoms with van der Waals surface area (Å²) in [6, 6.07) is 9.72. The number of likely N-dealkylation sites (N-methyl/N-ethyl adjacent to an activating group) is 1. The molecule has 0 spiro atoms. The summed E-state index contributed by atoms with van der Waals surface area (Å²) in [5, 5.41) is 3.73. The summed E-state index contributed by atoms with van der Waals surface area (Å²) in [5.41, 5.74) is 2.89. The molecule has 0 saturated heterocycles. The second-order valence-corrected chi connectivity index (χ2v) is 6.34. The van der Waals surface area contributed by atoms with E-state index in [4.69, 9.17) is 0 Å². The molecule has 2 aliphatic carbocycles. The van der Waals surface area contributed by atoms with Gasteiger partial charge in [0, 0.05) is 6.04 Å². The fourth-order valence-electron chi connectivity index (χ4n) is 3.85. The van der Waals surface area contributed by atoms with E-state index in [0.717, 1.165) is 24.3 Å². The van der Waals surface area contributed by atoms with Crippen LogP contribution in [-0.2, 0) is 6.42 Å². The Kier molecular flexibility index (Phi) is 3.43. The Morgan fingerprint density at radius 3 is 2.67 bits per heavy atom. The molecule has 1 aromatic rings. The second-order valence-electron chi connectivity index (χ2n) is 6.34. The first-order chi connectivity index (χ1) is 8.76. The summed E-state index contributed by atoms with van der Waals surface area (Å²) < 4.78 is 0. The maximum absolute atomic E-state index is 3.73. The van der Waals surface area contributed by atoms with Crippen molar-refractivity contribution in [2.24, 2.45) is 17.8 Å². The molecule has 0 radical (unpaired) electrons. The number of benzene rings is 1. The van der Waals surface area contributed by atoms with E-state index < -0.39 is 0 Å². The summed E-state index contributed by atoms with van der Waals surface area (Å²) in [6.07, 6.45) is 5.70. The lowest BCUT2D eigenvalue weighted by atomic mass is 9.89. The molecule has 18 heavy (non-hydrogen) atoms. The van der Waals surface area contributed by atoms with E-state index in [-0.39, 0.29) is 0 Å².